The molecule has 0 spiro atoms. The summed E-state index contributed by atoms with van der Waals surface area (Å²) >= 11 is 11.2. The second-order valence-corrected chi connectivity index (χ2v) is 7.20. The number of amides is 2. The lowest BCUT2D eigenvalue weighted by Crippen LogP contribution is -2.31. The lowest BCUT2D eigenvalue weighted by Gasteiger charge is -2.17. The van der Waals surface area contributed by atoms with Crippen molar-refractivity contribution in [2.24, 2.45) is 0 Å². The van der Waals surface area contributed by atoms with Gasteiger partial charge in [-0.1, -0.05) is 42.4 Å². The number of methoxy groups -OCH3 is 1. The largest absolute Gasteiger partial charge is 0.495 e. The van der Waals surface area contributed by atoms with E-state index in [1.165, 1.54) is 54.0 Å². The summed E-state index contributed by atoms with van der Waals surface area (Å²) in [6, 6.07) is 3.75. The number of ether oxygens (including phenoxy) is 1. The van der Waals surface area contributed by atoms with Crippen molar-refractivity contribution < 1.29 is 18.7 Å². The SMILES string of the molecule is C=C/C(=C\C=C\Cl)NC(=O)C(/C=C/Cl)=C(\NC(=O)c1ccc(C(=N)N(C)C)cc1F)C(=C)OC. The zero-order chi connectivity index (χ0) is 25.8. The Kier molecular flexibility index (Phi) is 11.5. The summed E-state index contributed by atoms with van der Waals surface area (Å²) in [7, 11) is 4.57. The summed E-state index contributed by atoms with van der Waals surface area (Å²) < 4.78 is 19.8. The number of carbonyl (C=O) groups excluding carboxylic acids is 2. The molecule has 0 bridgehead atoms. The molecular formula is C24H25Cl2FN4O3. The second-order valence-electron chi connectivity index (χ2n) is 6.70. The van der Waals surface area contributed by atoms with E-state index in [4.69, 9.17) is 33.3 Å². The molecule has 0 fully saturated rings. The zero-order valence-electron chi connectivity index (χ0n) is 18.9. The molecule has 7 nitrogen and oxygen atoms in total. The van der Waals surface area contributed by atoms with Crippen molar-refractivity contribution in [2.75, 3.05) is 21.2 Å². The van der Waals surface area contributed by atoms with E-state index >= 15 is 0 Å². The topological polar surface area (TPSA) is 94.5 Å². The van der Waals surface area contributed by atoms with Gasteiger partial charge in [-0.15, -0.1) is 0 Å². The highest BCUT2D eigenvalue weighted by Crippen LogP contribution is 2.18. The maximum absolute atomic E-state index is 14.7. The standard InChI is InChI=1S/C24H25Cl2FN4O3/c1-6-17(8-7-12-25)29-24(33)19(11-13-26)21(15(2)34-5)30-23(32)18-10-9-16(14-20(18)27)22(28)31(3)4/h6-14,28H,1-2H2,3-5H3,(H,29,33)(H,30,32)/b12-7+,13-11+,17-8+,21-19-,28-22?. The van der Waals surface area contributed by atoms with Crippen molar-refractivity contribution in [3.63, 3.8) is 0 Å². The molecule has 0 saturated carbocycles. The lowest BCUT2D eigenvalue weighted by molar-refractivity contribution is -0.116. The van der Waals surface area contributed by atoms with Crippen LogP contribution >= 0.6 is 23.2 Å². The fraction of sp³-hybridized carbons (Fsp3) is 0.125. The van der Waals surface area contributed by atoms with Crippen molar-refractivity contribution in [1.82, 2.24) is 15.5 Å². The predicted molar refractivity (Wildman–Crippen MR) is 134 cm³/mol. The van der Waals surface area contributed by atoms with Crippen LogP contribution < -0.4 is 10.6 Å². The normalized spacial score (nSPS) is 12.2. The van der Waals surface area contributed by atoms with Crippen molar-refractivity contribution in [3.8, 4) is 0 Å². The molecule has 10 heteroatoms. The van der Waals surface area contributed by atoms with E-state index in [1.54, 1.807) is 14.1 Å². The number of carbonyl (C=O) groups is 2. The molecule has 1 aromatic carbocycles. The summed E-state index contributed by atoms with van der Waals surface area (Å²) in [5, 5.41) is 13.0. The Morgan fingerprint density at radius 1 is 1.21 bits per heavy atom. The first kappa shape index (κ1) is 28.4. The first-order chi connectivity index (χ1) is 16.1. The molecule has 2 amide bonds. The van der Waals surface area contributed by atoms with Gasteiger partial charge in [-0.25, -0.2) is 4.39 Å². The second kappa shape index (κ2) is 13.8. The van der Waals surface area contributed by atoms with Crippen molar-refractivity contribution in [2.45, 2.75) is 0 Å². The number of hydrogen-bond donors (Lipinski definition) is 3. The van der Waals surface area contributed by atoms with Gasteiger partial charge < -0.3 is 20.3 Å². The zero-order valence-corrected chi connectivity index (χ0v) is 20.4. The van der Waals surface area contributed by atoms with E-state index in [-0.39, 0.29) is 34.0 Å². The Balaban J connectivity index is 3.44. The monoisotopic (exact) mass is 506 g/mol. The quantitative estimate of drug-likeness (QED) is 0.142. The lowest BCUT2D eigenvalue weighted by atomic mass is 10.1. The smallest absolute Gasteiger partial charge is 0.258 e. The molecule has 0 aliphatic carbocycles. The first-order valence-electron chi connectivity index (χ1n) is 9.63. The summed E-state index contributed by atoms with van der Waals surface area (Å²) in [4.78, 5) is 27.3. The van der Waals surface area contributed by atoms with E-state index < -0.39 is 17.6 Å². The van der Waals surface area contributed by atoms with Crippen LogP contribution in [0.25, 0.3) is 0 Å². The minimum atomic E-state index is -0.869. The Labute approximate surface area is 208 Å². The van der Waals surface area contributed by atoms with E-state index in [1.807, 2.05) is 0 Å². The van der Waals surface area contributed by atoms with Gasteiger partial charge in [-0.05, 0) is 36.4 Å². The third-order valence-electron chi connectivity index (χ3n) is 4.27. The summed E-state index contributed by atoms with van der Waals surface area (Å²) in [5.74, 6) is -2.42. The highest BCUT2D eigenvalue weighted by molar-refractivity contribution is 6.26. The molecule has 34 heavy (non-hydrogen) atoms. The van der Waals surface area contributed by atoms with Gasteiger partial charge in [-0.2, -0.15) is 0 Å². The van der Waals surface area contributed by atoms with Gasteiger partial charge in [-0.3, -0.25) is 15.0 Å². The highest BCUT2D eigenvalue weighted by Gasteiger charge is 2.22. The Morgan fingerprint density at radius 2 is 1.88 bits per heavy atom. The number of amidine groups is 1. The Bertz CT molecular complexity index is 1110. The maximum atomic E-state index is 14.7. The summed E-state index contributed by atoms with van der Waals surface area (Å²) in [6.45, 7) is 7.30. The number of nitrogens with zero attached hydrogens (tertiary/aromatic N) is 1. The molecule has 1 aromatic rings. The third-order valence-corrected chi connectivity index (χ3v) is 4.54. The first-order valence-corrected chi connectivity index (χ1v) is 10.5. The highest BCUT2D eigenvalue weighted by atomic mass is 35.5. The number of allylic oxidation sites excluding steroid dienone is 3. The van der Waals surface area contributed by atoms with Gasteiger partial charge in [0, 0.05) is 36.4 Å². The van der Waals surface area contributed by atoms with Gasteiger partial charge in [0.1, 0.15) is 17.4 Å². The van der Waals surface area contributed by atoms with Crippen LogP contribution in [0.1, 0.15) is 15.9 Å². The van der Waals surface area contributed by atoms with Crippen LogP contribution in [0.4, 0.5) is 4.39 Å². The molecule has 0 aliphatic heterocycles. The van der Waals surface area contributed by atoms with E-state index in [0.29, 0.717) is 5.70 Å². The molecule has 180 valence electrons. The van der Waals surface area contributed by atoms with Crippen molar-refractivity contribution >= 4 is 40.9 Å². The van der Waals surface area contributed by atoms with E-state index in [2.05, 4.69) is 23.8 Å². The van der Waals surface area contributed by atoms with Crippen LogP contribution in [0.5, 0.6) is 0 Å². The van der Waals surface area contributed by atoms with Crippen LogP contribution in [0.15, 0.2) is 89.5 Å². The Hall–Kier alpha value is -3.62. The number of nitrogens with one attached hydrogen (secondary N) is 3. The van der Waals surface area contributed by atoms with Gasteiger partial charge >= 0.3 is 0 Å². The molecular weight excluding hydrogens is 482 g/mol. The van der Waals surface area contributed by atoms with E-state index in [9.17, 15) is 14.0 Å². The van der Waals surface area contributed by atoms with Gasteiger partial charge in [0.15, 0.2) is 0 Å². The molecule has 1 rings (SSSR count). The molecule has 3 N–H and O–H groups in total. The number of rotatable bonds is 10. The predicted octanol–water partition coefficient (Wildman–Crippen LogP) is 4.55. The molecule has 0 aromatic heterocycles. The van der Waals surface area contributed by atoms with Crippen molar-refractivity contribution in [1.29, 1.82) is 5.41 Å². The molecule has 0 heterocycles. The summed E-state index contributed by atoms with van der Waals surface area (Å²) in [5.41, 5.74) is 2.32. The van der Waals surface area contributed by atoms with E-state index in [0.717, 1.165) is 11.6 Å². The fourth-order valence-corrected chi connectivity index (χ4v) is 2.71. The summed E-state index contributed by atoms with van der Waals surface area (Å²) in [6.07, 6.45) is 5.56. The fourth-order valence-electron chi connectivity index (χ4n) is 2.51. The van der Waals surface area contributed by atoms with Gasteiger partial charge in [0.2, 0.25) is 0 Å². The maximum Gasteiger partial charge on any atom is 0.258 e. The van der Waals surface area contributed by atoms with Crippen LogP contribution in [-0.2, 0) is 9.53 Å². The van der Waals surface area contributed by atoms with Crippen LogP contribution in [0, 0.1) is 11.2 Å². The number of hydrogen-bond acceptors (Lipinski definition) is 4. The van der Waals surface area contributed by atoms with Crippen molar-refractivity contribution in [3.05, 3.63) is 106 Å². The molecule has 0 radical (unpaired) electrons. The Morgan fingerprint density at radius 3 is 2.38 bits per heavy atom. The van der Waals surface area contributed by atoms with Gasteiger partial charge in [0.05, 0.1) is 23.9 Å². The molecule has 0 saturated heterocycles. The molecule has 0 atom stereocenters. The third kappa shape index (κ3) is 7.75. The molecule has 0 aliphatic rings. The van der Waals surface area contributed by atoms with Crippen LogP contribution in [0.3, 0.4) is 0 Å². The van der Waals surface area contributed by atoms with Crippen LogP contribution in [-0.4, -0.2) is 43.8 Å². The molecule has 0 unspecified atom stereocenters. The number of benzene rings is 1. The average molecular weight is 507 g/mol. The average Bonchev–Trinajstić information content (AvgIpc) is 2.82. The van der Waals surface area contributed by atoms with Gasteiger partial charge in [0.25, 0.3) is 11.8 Å². The number of halogens is 3. The minimum absolute atomic E-state index is 0.0699. The minimum Gasteiger partial charge on any atom is -0.495 e. The van der Waals surface area contributed by atoms with Crippen LogP contribution in [0.2, 0.25) is 0 Å².